The fourth-order valence-electron chi connectivity index (χ4n) is 4.75. The van der Waals surface area contributed by atoms with Crippen LogP contribution in [0.4, 0.5) is 10.8 Å². The van der Waals surface area contributed by atoms with Crippen molar-refractivity contribution in [2.24, 2.45) is 0 Å². The fourth-order valence-corrected chi connectivity index (χ4v) is 5.60. The van der Waals surface area contributed by atoms with Crippen LogP contribution in [0.3, 0.4) is 0 Å². The zero-order valence-corrected chi connectivity index (χ0v) is 22.2. The number of carbonyl (C=O) groups is 1. The number of hydrogen-bond acceptors (Lipinski definition) is 5. The fraction of sp³-hybridized carbons (Fsp3) is 0.0625. The molecule has 0 saturated heterocycles. The maximum atomic E-state index is 12.4. The van der Waals surface area contributed by atoms with Gasteiger partial charge in [0.2, 0.25) is 5.91 Å². The Hall–Kier alpha value is -5.06. The Balaban J connectivity index is 1.48. The van der Waals surface area contributed by atoms with E-state index in [-0.39, 0.29) is 5.91 Å². The van der Waals surface area contributed by atoms with Crippen molar-refractivity contribution in [3.63, 3.8) is 0 Å². The number of rotatable bonds is 5. The minimum absolute atomic E-state index is 0.113. The van der Waals surface area contributed by atoms with Crippen LogP contribution in [0.2, 0.25) is 0 Å². The predicted molar refractivity (Wildman–Crippen MR) is 158 cm³/mol. The molecule has 39 heavy (non-hydrogen) atoms. The highest BCUT2D eigenvalue weighted by Crippen LogP contribution is 2.32. The lowest BCUT2D eigenvalue weighted by Crippen LogP contribution is -2.22. The molecule has 0 aliphatic rings. The average molecular weight is 526 g/mol. The Bertz CT molecular complexity index is 1930. The standard InChI is InChI=1S/C32H23N5OS/c1-21-9-8-10-24(17-21)30-18-23(27(19-33)31-35-28-13-6-7-14-29(28)37(30)31)15-16-25-20-39-32(34-25)36(22(2)38)26-11-4-3-5-12-26/h3-18,20H,1-2H3/b16-15+. The van der Waals surface area contributed by atoms with Crippen LogP contribution >= 0.6 is 11.3 Å². The lowest BCUT2D eigenvalue weighted by atomic mass is 10.0. The number of thiazole rings is 1. The number of aromatic nitrogens is 3. The topological polar surface area (TPSA) is 74.3 Å². The maximum Gasteiger partial charge on any atom is 0.230 e. The first kappa shape index (κ1) is 24.3. The summed E-state index contributed by atoms with van der Waals surface area (Å²) in [4.78, 5) is 23.6. The molecule has 7 heteroatoms. The van der Waals surface area contributed by atoms with Crippen molar-refractivity contribution in [1.29, 1.82) is 5.26 Å². The lowest BCUT2D eigenvalue weighted by Gasteiger charge is -2.17. The van der Waals surface area contributed by atoms with Crippen molar-refractivity contribution in [1.82, 2.24) is 14.4 Å². The van der Waals surface area contributed by atoms with Crippen LogP contribution in [0.1, 0.15) is 29.3 Å². The number of nitrogens with zero attached hydrogens (tertiary/aromatic N) is 5. The summed E-state index contributed by atoms with van der Waals surface area (Å²) in [5.74, 6) is -0.113. The molecule has 0 N–H and O–H groups in total. The molecule has 0 radical (unpaired) electrons. The Morgan fingerprint density at radius 3 is 2.54 bits per heavy atom. The summed E-state index contributed by atoms with van der Waals surface area (Å²) in [7, 11) is 0. The number of anilines is 2. The third kappa shape index (κ3) is 4.48. The number of carbonyl (C=O) groups excluding carboxylic acids is 1. The van der Waals surface area contributed by atoms with Crippen LogP contribution in [0.5, 0.6) is 0 Å². The first-order chi connectivity index (χ1) is 19.0. The van der Waals surface area contributed by atoms with Gasteiger partial charge in [-0.3, -0.25) is 14.1 Å². The van der Waals surface area contributed by atoms with Crippen LogP contribution < -0.4 is 4.90 Å². The Kier molecular flexibility index (Phi) is 6.23. The van der Waals surface area contributed by atoms with E-state index in [0.717, 1.165) is 39.1 Å². The minimum atomic E-state index is -0.113. The van der Waals surface area contributed by atoms with Crippen LogP contribution in [-0.2, 0) is 4.79 Å². The molecule has 188 valence electrons. The molecule has 6 nitrogen and oxygen atoms in total. The number of amides is 1. The molecule has 0 unspecified atom stereocenters. The van der Waals surface area contributed by atoms with E-state index in [2.05, 4.69) is 35.6 Å². The number of para-hydroxylation sites is 3. The number of pyridine rings is 1. The third-order valence-electron chi connectivity index (χ3n) is 6.50. The molecule has 0 aliphatic carbocycles. The normalized spacial score (nSPS) is 11.3. The Morgan fingerprint density at radius 2 is 1.77 bits per heavy atom. The van der Waals surface area contributed by atoms with Crippen LogP contribution in [0, 0.1) is 18.3 Å². The van der Waals surface area contributed by atoms with Gasteiger partial charge in [-0.15, -0.1) is 11.3 Å². The number of benzene rings is 3. The average Bonchev–Trinajstić information content (AvgIpc) is 3.56. The van der Waals surface area contributed by atoms with Crippen molar-refractivity contribution >= 4 is 56.9 Å². The molecule has 3 heterocycles. The van der Waals surface area contributed by atoms with Gasteiger partial charge in [-0.05, 0) is 60.5 Å². The highest BCUT2D eigenvalue weighted by Gasteiger charge is 2.19. The summed E-state index contributed by atoms with van der Waals surface area (Å²) in [6.45, 7) is 3.59. The van der Waals surface area contributed by atoms with E-state index >= 15 is 0 Å². The maximum absolute atomic E-state index is 12.4. The quantitative estimate of drug-likeness (QED) is 0.232. The van der Waals surface area contributed by atoms with Crippen molar-refractivity contribution in [3.05, 3.63) is 113 Å². The molecule has 0 fully saturated rings. The molecule has 0 aliphatic heterocycles. The second-order valence-electron chi connectivity index (χ2n) is 9.18. The molecule has 0 saturated carbocycles. The molecule has 3 aromatic heterocycles. The minimum Gasteiger partial charge on any atom is -0.291 e. The van der Waals surface area contributed by atoms with Crippen molar-refractivity contribution < 1.29 is 4.79 Å². The van der Waals surface area contributed by atoms with Crippen molar-refractivity contribution in [2.75, 3.05) is 4.90 Å². The van der Waals surface area contributed by atoms with E-state index in [1.54, 1.807) is 4.90 Å². The zero-order chi connectivity index (χ0) is 26.9. The van der Waals surface area contributed by atoms with Gasteiger partial charge in [0.15, 0.2) is 10.8 Å². The summed E-state index contributed by atoms with van der Waals surface area (Å²) in [5, 5.41) is 12.7. The SMILES string of the molecule is CC(=O)N(c1ccccc1)c1nc(/C=C/c2cc(-c3cccc(C)c3)n3c(nc4ccccc43)c2C#N)cs1. The van der Waals surface area contributed by atoms with Crippen LogP contribution in [-0.4, -0.2) is 20.3 Å². The van der Waals surface area contributed by atoms with Crippen LogP contribution in [0.25, 0.3) is 40.1 Å². The summed E-state index contributed by atoms with van der Waals surface area (Å²) >= 11 is 1.39. The van der Waals surface area contributed by atoms with Gasteiger partial charge in [-0.25, -0.2) is 9.97 Å². The number of fused-ring (bicyclic) bond motifs is 3. The summed E-state index contributed by atoms with van der Waals surface area (Å²) in [6.07, 6.45) is 3.77. The van der Waals surface area contributed by atoms with Crippen molar-refractivity contribution in [3.8, 4) is 17.3 Å². The van der Waals surface area contributed by atoms with Crippen molar-refractivity contribution in [2.45, 2.75) is 13.8 Å². The van der Waals surface area contributed by atoms with Crippen LogP contribution in [0.15, 0.2) is 90.3 Å². The third-order valence-corrected chi connectivity index (χ3v) is 7.34. The molecule has 0 atom stereocenters. The predicted octanol–water partition coefficient (Wildman–Crippen LogP) is 7.65. The van der Waals surface area contributed by atoms with Gasteiger partial charge in [0.25, 0.3) is 0 Å². The molecule has 6 aromatic rings. The second kappa shape index (κ2) is 10.0. The molecular weight excluding hydrogens is 502 g/mol. The number of nitriles is 1. The molecule has 6 rings (SSSR count). The Morgan fingerprint density at radius 1 is 0.974 bits per heavy atom. The number of aryl methyl sites for hydroxylation is 1. The van der Waals surface area contributed by atoms with Gasteiger partial charge >= 0.3 is 0 Å². The largest absolute Gasteiger partial charge is 0.291 e. The first-order valence-corrected chi connectivity index (χ1v) is 13.3. The lowest BCUT2D eigenvalue weighted by molar-refractivity contribution is -0.115. The number of imidazole rings is 1. The van der Waals surface area contributed by atoms with Gasteiger partial charge in [-0.1, -0.05) is 60.2 Å². The van der Waals surface area contributed by atoms with Gasteiger partial charge in [0, 0.05) is 12.3 Å². The zero-order valence-electron chi connectivity index (χ0n) is 21.4. The van der Waals surface area contributed by atoms with E-state index < -0.39 is 0 Å². The van der Waals surface area contributed by atoms with Gasteiger partial charge in [0.05, 0.1) is 28.1 Å². The van der Waals surface area contributed by atoms with E-state index in [1.807, 2.05) is 84.3 Å². The molecular formula is C32H23N5OS. The van der Waals surface area contributed by atoms with E-state index in [1.165, 1.54) is 18.3 Å². The van der Waals surface area contributed by atoms with Gasteiger partial charge in [0.1, 0.15) is 11.6 Å². The smallest absolute Gasteiger partial charge is 0.230 e. The summed E-state index contributed by atoms with van der Waals surface area (Å²) in [6, 6.07) is 30.1. The highest BCUT2D eigenvalue weighted by atomic mass is 32.1. The summed E-state index contributed by atoms with van der Waals surface area (Å²) in [5.41, 5.74) is 8.24. The highest BCUT2D eigenvalue weighted by molar-refractivity contribution is 7.14. The molecule has 3 aromatic carbocycles. The molecule has 0 bridgehead atoms. The molecule has 0 spiro atoms. The monoisotopic (exact) mass is 525 g/mol. The van der Waals surface area contributed by atoms with Gasteiger partial charge in [-0.2, -0.15) is 5.26 Å². The van der Waals surface area contributed by atoms with E-state index in [4.69, 9.17) is 9.97 Å². The van der Waals surface area contributed by atoms with E-state index in [0.29, 0.717) is 22.0 Å². The summed E-state index contributed by atoms with van der Waals surface area (Å²) < 4.78 is 2.06. The molecule has 1 amide bonds. The first-order valence-electron chi connectivity index (χ1n) is 12.4. The van der Waals surface area contributed by atoms with Gasteiger partial charge < -0.3 is 0 Å². The van der Waals surface area contributed by atoms with E-state index in [9.17, 15) is 10.1 Å². The Labute approximate surface area is 229 Å². The second-order valence-corrected chi connectivity index (χ2v) is 10.0. The number of hydrogen-bond donors (Lipinski definition) is 0.